The minimum atomic E-state index is 0.0365. The van der Waals surface area contributed by atoms with E-state index < -0.39 is 0 Å². The Labute approximate surface area is 173 Å². The number of carbonyl (C=O) groups is 2. The molecule has 0 saturated carbocycles. The number of hydrogen-bond donors (Lipinski definition) is 0. The van der Waals surface area contributed by atoms with Gasteiger partial charge in [0.25, 0.3) is 0 Å². The maximum absolute atomic E-state index is 12.5. The van der Waals surface area contributed by atoms with Crippen LogP contribution in [0.2, 0.25) is 5.02 Å². The van der Waals surface area contributed by atoms with Crippen LogP contribution in [0, 0.1) is 0 Å². The zero-order valence-corrected chi connectivity index (χ0v) is 17.2. The largest absolute Gasteiger partial charge is 0.339 e. The Morgan fingerprint density at radius 1 is 1.14 bits per heavy atom. The maximum atomic E-state index is 12.5. The van der Waals surface area contributed by atoms with E-state index in [-0.39, 0.29) is 17.6 Å². The van der Waals surface area contributed by atoms with Gasteiger partial charge in [-0.05, 0) is 24.3 Å². The van der Waals surface area contributed by atoms with E-state index in [2.05, 4.69) is 16.8 Å². The number of carbonyl (C=O) groups excluding carboxylic acids is 2. The number of rotatable bonds is 6. The molecule has 2 heterocycles. The van der Waals surface area contributed by atoms with E-state index in [0.29, 0.717) is 48.7 Å². The lowest BCUT2D eigenvalue weighted by atomic mass is 10.2. The molecule has 0 bridgehead atoms. The zero-order chi connectivity index (χ0) is 20.1. The molecule has 2 aromatic rings. The lowest BCUT2D eigenvalue weighted by Crippen LogP contribution is -2.50. The minimum Gasteiger partial charge on any atom is -0.339 e. The van der Waals surface area contributed by atoms with Crippen molar-refractivity contribution in [1.29, 1.82) is 0 Å². The predicted octanol–water partition coefficient (Wildman–Crippen LogP) is 2.57. The topological polar surface area (TPSA) is 71.3 Å². The molecular formula is C19H22ClN5O2S. The first-order valence-electron chi connectivity index (χ1n) is 8.95. The van der Waals surface area contributed by atoms with Crippen LogP contribution in [0.5, 0.6) is 0 Å². The Balaban J connectivity index is 1.66. The van der Waals surface area contributed by atoms with Gasteiger partial charge in [0.05, 0.1) is 5.75 Å². The van der Waals surface area contributed by atoms with Gasteiger partial charge in [-0.2, -0.15) is 0 Å². The molecule has 1 aromatic heterocycles. The monoisotopic (exact) mass is 419 g/mol. The molecule has 0 radical (unpaired) electrons. The summed E-state index contributed by atoms with van der Waals surface area (Å²) < 4.78 is 1.93. The van der Waals surface area contributed by atoms with Crippen molar-refractivity contribution >= 4 is 35.2 Å². The number of aromatic nitrogens is 3. The van der Waals surface area contributed by atoms with Crippen LogP contribution in [0.1, 0.15) is 6.92 Å². The van der Waals surface area contributed by atoms with Crippen LogP contribution in [0.4, 0.5) is 0 Å². The third-order valence-electron chi connectivity index (χ3n) is 4.53. The molecule has 1 aromatic carbocycles. The summed E-state index contributed by atoms with van der Waals surface area (Å²) in [6.45, 7) is 8.19. The molecular weight excluding hydrogens is 398 g/mol. The Hall–Kier alpha value is -2.32. The van der Waals surface area contributed by atoms with E-state index in [1.165, 1.54) is 11.8 Å². The number of halogens is 1. The summed E-state index contributed by atoms with van der Waals surface area (Å²) in [5.41, 5.74) is 0.900. The van der Waals surface area contributed by atoms with Gasteiger partial charge in [-0.15, -0.1) is 16.8 Å². The summed E-state index contributed by atoms with van der Waals surface area (Å²) in [6.07, 6.45) is 1.77. The van der Waals surface area contributed by atoms with E-state index in [4.69, 9.17) is 11.6 Å². The van der Waals surface area contributed by atoms with E-state index >= 15 is 0 Å². The third-order valence-corrected chi connectivity index (χ3v) is 5.74. The van der Waals surface area contributed by atoms with Crippen LogP contribution in [0.15, 0.2) is 42.1 Å². The SMILES string of the molecule is C=CCn1c(SCC(=O)N2CCN(C(C)=O)CC2)nnc1-c1ccc(Cl)cc1. The lowest BCUT2D eigenvalue weighted by Gasteiger charge is -2.34. The number of allylic oxidation sites excluding steroid dienone is 1. The highest BCUT2D eigenvalue weighted by atomic mass is 35.5. The first-order chi connectivity index (χ1) is 13.5. The second-order valence-corrected chi connectivity index (χ2v) is 7.77. The number of thioether (sulfide) groups is 1. The van der Waals surface area contributed by atoms with Crippen molar-refractivity contribution in [3.8, 4) is 11.4 Å². The summed E-state index contributed by atoms with van der Waals surface area (Å²) >= 11 is 7.32. The van der Waals surface area contributed by atoms with Crippen LogP contribution in [0.3, 0.4) is 0 Å². The van der Waals surface area contributed by atoms with E-state index in [1.54, 1.807) is 34.9 Å². The first-order valence-corrected chi connectivity index (χ1v) is 10.3. The fourth-order valence-electron chi connectivity index (χ4n) is 2.99. The molecule has 0 aliphatic carbocycles. The normalized spacial score (nSPS) is 14.2. The minimum absolute atomic E-state index is 0.0365. The molecule has 2 amide bonds. The van der Waals surface area contributed by atoms with Crippen molar-refractivity contribution < 1.29 is 9.59 Å². The molecule has 1 fully saturated rings. The van der Waals surface area contributed by atoms with Gasteiger partial charge in [-0.25, -0.2) is 0 Å². The van der Waals surface area contributed by atoms with Gasteiger partial charge in [0.1, 0.15) is 0 Å². The fourth-order valence-corrected chi connectivity index (χ4v) is 3.97. The summed E-state index contributed by atoms with van der Waals surface area (Å²) in [5.74, 6) is 1.07. The molecule has 3 rings (SSSR count). The van der Waals surface area contributed by atoms with Gasteiger partial charge >= 0.3 is 0 Å². The van der Waals surface area contributed by atoms with Gasteiger partial charge in [0, 0.05) is 50.2 Å². The van der Waals surface area contributed by atoms with Crippen LogP contribution in [-0.4, -0.2) is 68.3 Å². The number of hydrogen-bond acceptors (Lipinski definition) is 5. The standard InChI is InChI=1S/C19H22ClN5O2S/c1-3-8-25-18(15-4-6-16(20)7-5-15)21-22-19(25)28-13-17(27)24-11-9-23(10-12-24)14(2)26/h3-7H,1,8-13H2,2H3. The Bertz CT molecular complexity index is 860. The first kappa shape index (κ1) is 20.4. The van der Waals surface area contributed by atoms with Crippen LogP contribution < -0.4 is 0 Å². The third kappa shape index (κ3) is 4.74. The quantitative estimate of drug-likeness (QED) is 0.531. The van der Waals surface area contributed by atoms with E-state index in [0.717, 1.165) is 5.56 Å². The Kier molecular flexibility index (Phi) is 6.74. The van der Waals surface area contributed by atoms with E-state index in [9.17, 15) is 9.59 Å². The summed E-state index contributed by atoms with van der Waals surface area (Å²) in [4.78, 5) is 27.5. The van der Waals surface area contributed by atoms with Gasteiger partial charge in [-0.1, -0.05) is 29.4 Å². The highest BCUT2D eigenvalue weighted by molar-refractivity contribution is 7.99. The van der Waals surface area contributed by atoms with Crippen molar-refractivity contribution in [2.45, 2.75) is 18.6 Å². The molecule has 9 heteroatoms. The second-order valence-electron chi connectivity index (χ2n) is 6.39. The van der Waals surface area contributed by atoms with Gasteiger partial charge < -0.3 is 9.80 Å². The van der Waals surface area contributed by atoms with Crippen molar-refractivity contribution in [2.24, 2.45) is 0 Å². The van der Waals surface area contributed by atoms with Crippen LogP contribution in [-0.2, 0) is 16.1 Å². The van der Waals surface area contributed by atoms with Gasteiger partial charge in [-0.3, -0.25) is 14.2 Å². The Morgan fingerprint density at radius 2 is 1.79 bits per heavy atom. The predicted molar refractivity (Wildman–Crippen MR) is 110 cm³/mol. The molecule has 28 heavy (non-hydrogen) atoms. The molecule has 7 nitrogen and oxygen atoms in total. The highest BCUT2D eigenvalue weighted by Gasteiger charge is 2.23. The number of benzene rings is 1. The number of amides is 2. The summed E-state index contributed by atoms with van der Waals surface area (Å²) in [5, 5.41) is 9.87. The second kappa shape index (κ2) is 9.25. The summed E-state index contributed by atoms with van der Waals surface area (Å²) in [7, 11) is 0. The van der Waals surface area contributed by atoms with Gasteiger partial charge in [0.2, 0.25) is 11.8 Å². The van der Waals surface area contributed by atoms with Gasteiger partial charge in [0.15, 0.2) is 11.0 Å². The molecule has 0 N–H and O–H groups in total. The zero-order valence-electron chi connectivity index (χ0n) is 15.7. The highest BCUT2D eigenvalue weighted by Crippen LogP contribution is 2.25. The fraction of sp³-hybridized carbons (Fsp3) is 0.368. The summed E-state index contributed by atoms with van der Waals surface area (Å²) in [6, 6.07) is 7.39. The van der Waals surface area contributed by atoms with Crippen molar-refractivity contribution in [1.82, 2.24) is 24.6 Å². The van der Waals surface area contributed by atoms with Crippen molar-refractivity contribution in [2.75, 3.05) is 31.9 Å². The van der Waals surface area contributed by atoms with Crippen molar-refractivity contribution in [3.63, 3.8) is 0 Å². The average Bonchev–Trinajstić information content (AvgIpc) is 3.09. The number of nitrogens with zero attached hydrogens (tertiary/aromatic N) is 5. The van der Waals surface area contributed by atoms with E-state index in [1.807, 2.05) is 16.7 Å². The van der Waals surface area contributed by atoms with Crippen LogP contribution in [0.25, 0.3) is 11.4 Å². The van der Waals surface area contributed by atoms with Crippen LogP contribution >= 0.6 is 23.4 Å². The maximum Gasteiger partial charge on any atom is 0.233 e. The molecule has 1 aliphatic heterocycles. The van der Waals surface area contributed by atoms with Crippen molar-refractivity contribution in [3.05, 3.63) is 41.9 Å². The average molecular weight is 420 g/mol. The Morgan fingerprint density at radius 3 is 2.39 bits per heavy atom. The molecule has 0 unspecified atom stereocenters. The molecule has 0 spiro atoms. The molecule has 1 aliphatic rings. The molecule has 148 valence electrons. The lowest BCUT2D eigenvalue weighted by molar-refractivity contribution is -0.136. The molecule has 1 saturated heterocycles. The smallest absolute Gasteiger partial charge is 0.233 e. The molecule has 0 atom stereocenters. The number of piperazine rings is 1.